The summed E-state index contributed by atoms with van der Waals surface area (Å²) in [6, 6.07) is 2.74. The van der Waals surface area contributed by atoms with E-state index < -0.39 is 11.6 Å². The van der Waals surface area contributed by atoms with Crippen LogP contribution >= 0.6 is 0 Å². The molecule has 3 nitrogen and oxygen atoms in total. The lowest BCUT2D eigenvalue weighted by Gasteiger charge is -2.21. The lowest BCUT2D eigenvalue weighted by Crippen LogP contribution is -2.25. The number of ether oxygens (including phenoxy) is 1. The summed E-state index contributed by atoms with van der Waals surface area (Å²) in [5.41, 5.74) is 0.615. The number of hydrogen-bond donors (Lipinski definition) is 1. The predicted octanol–water partition coefficient (Wildman–Crippen LogP) is 2.55. The first-order valence-corrected chi connectivity index (χ1v) is 7.03. The molecule has 1 aliphatic rings. The van der Waals surface area contributed by atoms with Crippen molar-refractivity contribution in [1.82, 2.24) is 5.32 Å². The average molecular weight is 284 g/mol. The number of benzene rings is 1. The van der Waals surface area contributed by atoms with Gasteiger partial charge < -0.3 is 15.0 Å². The summed E-state index contributed by atoms with van der Waals surface area (Å²) in [5, 5.41) is 2.88. The van der Waals surface area contributed by atoms with Crippen LogP contribution in [0.25, 0.3) is 0 Å². The molecule has 0 bridgehead atoms. The third-order valence-corrected chi connectivity index (χ3v) is 3.46. The summed E-state index contributed by atoms with van der Waals surface area (Å²) >= 11 is 0. The Labute approximate surface area is 118 Å². The molecular weight excluding hydrogens is 262 g/mol. The number of anilines is 1. The number of rotatable bonds is 8. The third kappa shape index (κ3) is 4.15. The second-order valence-electron chi connectivity index (χ2n) is 5.38. The van der Waals surface area contributed by atoms with E-state index in [0.29, 0.717) is 31.2 Å². The van der Waals surface area contributed by atoms with Gasteiger partial charge in [-0.25, -0.2) is 8.78 Å². The Hall–Kier alpha value is -1.20. The average Bonchev–Trinajstić information content (AvgIpc) is 3.18. The van der Waals surface area contributed by atoms with E-state index in [-0.39, 0.29) is 5.69 Å². The summed E-state index contributed by atoms with van der Waals surface area (Å²) in [4.78, 5) is 1.57. The second kappa shape index (κ2) is 6.99. The lowest BCUT2D eigenvalue weighted by molar-refractivity contribution is 0.130. The van der Waals surface area contributed by atoms with Gasteiger partial charge in [0.2, 0.25) is 0 Å². The van der Waals surface area contributed by atoms with Gasteiger partial charge in [-0.1, -0.05) is 0 Å². The topological polar surface area (TPSA) is 24.5 Å². The van der Waals surface area contributed by atoms with E-state index >= 15 is 0 Å². The first-order valence-electron chi connectivity index (χ1n) is 7.03. The number of halogens is 2. The summed E-state index contributed by atoms with van der Waals surface area (Å²) in [5.74, 6) is -0.352. The van der Waals surface area contributed by atoms with E-state index in [0.717, 1.165) is 6.61 Å². The first kappa shape index (κ1) is 15.2. The highest BCUT2D eigenvalue weighted by molar-refractivity contribution is 5.50. The van der Waals surface area contributed by atoms with Gasteiger partial charge in [0, 0.05) is 26.7 Å². The monoisotopic (exact) mass is 284 g/mol. The van der Waals surface area contributed by atoms with Crippen molar-refractivity contribution in [2.75, 3.05) is 38.8 Å². The van der Waals surface area contributed by atoms with Crippen molar-refractivity contribution in [3.05, 3.63) is 29.3 Å². The fraction of sp³-hybridized carbons (Fsp3) is 0.600. The minimum atomic E-state index is -0.528. The Morgan fingerprint density at radius 3 is 2.50 bits per heavy atom. The zero-order valence-electron chi connectivity index (χ0n) is 12.1. The van der Waals surface area contributed by atoms with Gasteiger partial charge >= 0.3 is 0 Å². The van der Waals surface area contributed by atoms with Crippen molar-refractivity contribution in [3.63, 3.8) is 0 Å². The molecule has 0 aliphatic heterocycles. The van der Waals surface area contributed by atoms with Crippen molar-refractivity contribution in [2.45, 2.75) is 19.4 Å². The standard InChI is InChI=1S/C15H22F2N2O/c1-18-9-12-7-13(16)15(14(17)8-12)19(2)5-6-20-10-11-3-4-11/h7-8,11,18H,3-6,9-10H2,1-2H3. The van der Waals surface area contributed by atoms with Gasteiger partial charge in [-0.15, -0.1) is 0 Å². The van der Waals surface area contributed by atoms with E-state index in [1.54, 1.807) is 19.0 Å². The largest absolute Gasteiger partial charge is 0.379 e. The fourth-order valence-electron chi connectivity index (χ4n) is 2.14. The van der Waals surface area contributed by atoms with Crippen LogP contribution in [0, 0.1) is 17.6 Å². The van der Waals surface area contributed by atoms with Crippen molar-refractivity contribution in [1.29, 1.82) is 0 Å². The van der Waals surface area contributed by atoms with Crippen LogP contribution in [0.5, 0.6) is 0 Å². The number of nitrogens with zero attached hydrogens (tertiary/aromatic N) is 1. The maximum atomic E-state index is 14.0. The Bertz CT molecular complexity index is 426. The summed E-state index contributed by atoms with van der Waals surface area (Å²) < 4.78 is 33.5. The summed E-state index contributed by atoms with van der Waals surface area (Å²) in [7, 11) is 3.42. The normalized spacial score (nSPS) is 14.6. The number of hydrogen-bond acceptors (Lipinski definition) is 3. The molecule has 1 N–H and O–H groups in total. The van der Waals surface area contributed by atoms with Gasteiger partial charge in [-0.05, 0) is 43.5 Å². The molecule has 1 aromatic rings. The minimum Gasteiger partial charge on any atom is -0.379 e. The molecule has 5 heteroatoms. The Morgan fingerprint density at radius 2 is 1.95 bits per heavy atom. The van der Waals surface area contributed by atoms with Crippen LogP contribution < -0.4 is 10.2 Å². The molecule has 0 aromatic heterocycles. The smallest absolute Gasteiger partial charge is 0.149 e. The van der Waals surface area contributed by atoms with Crippen molar-refractivity contribution in [2.24, 2.45) is 5.92 Å². The quantitative estimate of drug-likeness (QED) is 0.743. The molecule has 0 saturated heterocycles. The molecule has 0 heterocycles. The molecule has 0 amide bonds. The molecule has 0 atom stereocenters. The van der Waals surface area contributed by atoms with E-state index in [2.05, 4.69) is 5.32 Å². The zero-order chi connectivity index (χ0) is 14.5. The van der Waals surface area contributed by atoms with Crippen molar-refractivity contribution in [3.8, 4) is 0 Å². The maximum Gasteiger partial charge on any atom is 0.149 e. The van der Waals surface area contributed by atoms with Crippen LogP contribution in [0.4, 0.5) is 14.5 Å². The highest BCUT2D eigenvalue weighted by Crippen LogP contribution is 2.29. The molecule has 1 fully saturated rings. The molecular formula is C15H22F2N2O. The van der Waals surface area contributed by atoms with E-state index in [1.807, 2.05) is 0 Å². The molecule has 1 saturated carbocycles. The van der Waals surface area contributed by atoms with Gasteiger partial charge in [0.05, 0.1) is 6.61 Å². The van der Waals surface area contributed by atoms with Gasteiger partial charge in [-0.2, -0.15) is 0 Å². The van der Waals surface area contributed by atoms with Crippen LogP contribution in [-0.4, -0.2) is 33.9 Å². The van der Waals surface area contributed by atoms with Crippen molar-refractivity contribution >= 4 is 5.69 Å². The fourth-order valence-corrected chi connectivity index (χ4v) is 2.14. The Balaban J connectivity index is 1.91. The second-order valence-corrected chi connectivity index (χ2v) is 5.38. The van der Waals surface area contributed by atoms with E-state index in [1.165, 1.54) is 25.0 Å². The summed E-state index contributed by atoms with van der Waals surface area (Å²) in [6.45, 7) is 2.18. The van der Waals surface area contributed by atoms with E-state index in [9.17, 15) is 8.78 Å². The first-order chi connectivity index (χ1) is 9.61. The zero-order valence-corrected chi connectivity index (χ0v) is 12.1. The molecule has 112 valence electrons. The van der Waals surface area contributed by atoms with Gasteiger partial charge in [0.15, 0.2) is 0 Å². The van der Waals surface area contributed by atoms with Gasteiger partial charge in [0.25, 0.3) is 0 Å². The SMILES string of the molecule is CNCc1cc(F)c(N(C)CCOCC2CC2)c(F)c1. The van der Waals surface area contributed by atoms with Crippen LogP contribution in [0.2, 0.25) is 0 Å². The Kier molecular flexibility index (Phi) is 5.31. The summed E-state index contributed by atoms with van der Waals surface area (Å²) in [6.07, 6.45) is 2.48. The van der Waals surface area contributed by atoms with E-state index in [4.69, 9.17) is 4.74 Å². The van der Waals surface area contributed by atoms with Gasteiger partial charge in [0.1, 0.15) is 17.3 Å². The van der Waals surface area contributed by atoms with Gasteiger partial charge in [-0.3, -0.25) is 0 Å². The lowest BCUT2D eigenvalue weighted by atomic mass is 10.1. The molecule has 0 spiro atoms. The number of nitrogens with one attached hydrogen (secondary N) is 1. The highest BCUT2D eigenvalue weighted by atomic mass is 19.1. The third-order valence-electron chi connectivity index (χ3n) is 3.46. The minimum absolute atomic E-state index is 0.0138. The maximum absolute atomic E-state index is 14.0. The molecule has 0 unspecified atom stereocenters. The molecule has 2 rings (SSSR count). The Morgan fingerprint density at radius 1 is 1.30 bits per heavy atom. The molecule has 1 aliphatic carbocycles. The predicted molar refractivity (Wildman–Crippen MR) is 75.9 cm³/mol. The van der Waals surface area contributed by atoms with Crippen LogP contribution in [0.3, 0.4) is 0 Å². The van der Waals surface area contributed by atoms with Crippen LogP contribution in [0.15, 0.2) is 12.1 Å². The molecule has 0 radical (unpaired) electrons. The number of likely N-dealkylation sites (N-methyl/N-ethyl adjacent to an activating group) is 1. The van der Waals surface area contributed by atoms with Crippen LogP contribution in [-0.2, 0) is 11.3 Å². The molecule has 1 aromatic carbocycles. The van der Waals surface area contributed by atoms with Crippen molar-refractivity contribution < 1.29 is 13.5 Å². The van der Waals surface area contributed by atoms with Crippen LogP contribution in [0.1, 0.15) is 18.4 Å². The highest BCUT2D eigenvalue weighted by Gasteiger charge is 2.21. The molecule has 20 heavy (non-hydrogen) atoms.